The monoisotopic (exact) mass is 1070 g/mol. The number of ether oxygens (including phenoxy) is 3. The maximum absolute atomic E-state index is 12.9. The van der Waals surface area contributed by atoms with Gasteiger partial charge in [-0.3, -0.25) is 14.4 Å². The molecular formula is C71H126O6. The van der Waals surface area contributed by atoms with Crippen molar-refractivity contribution in [1.82, 2.24) is 0 Å². The first kappa shape index (κ1) is 73.8. The van der Waals surface area contributed by atoms with Crippen LogP contribution in [0.4, 0.5) is 0 Å². The number of unbranched alkanes of at least 4 members (excludes halogenated alkanes) is 38. The molecule has 6 heteroatoms. The highest BCUT2D eigenvalue weighted by atomic mass is 16.6. The van der Waals surface area contributed by atoms with Crippen molar-refractivity contribution in [3.8, 4) is 0 Å². The maximum atomic E-state index is 12.9. The van der Waals surface area contributed by atoms with Crippen molar-refractivity contribution in [3.05, 3.63) is 72.9 Å². The van der Waals surface area contributed by atoms with E-state index in [-0.39, 0.29) is 31.1 Å². The van der Waals surface area contributed by atoms with E-state index in [1.807, 2.05) is 0 Å². The third-order valence-corrected chi connectivity index (χ3v) is 14.7. The molecular weight excluding hydrogens is 949 g/mol. The molecule has 0 saturated carbocycles. The van der Waals surface area contributed by atoms with Crippen molar-refractivity contribution in [2.24, 2.45) is 0 Å². The minimum atomic E-state index is -0.781. The SMILES string of the molecule is CC/C=C\C/C=C\C/C=C\C/C=C\CCCCCCCCCCCCCCC(=O)OCC(COC(=O)CCCCCCC/C=C\CCCCCC)OC(=O)CCCCCCCCCCC/C=C\CCCCCCCCCC. The smallest absolute Gasteiger partial charge is 0.306 e. The van der Waals surface area contributed by atoms with Crippen LogP contribution in [0.5, 0.6) is 0 Å². The normalized spacial score (nSPS) is 12.5. The van der Waals surface area contributed by atoms with Crippen molar-refractivity contribution < 1.29 is 28.6 Å². The molecule has 0 aliphatic carbocycles. The first-order valence-electron chi connectivity index (χ1n) is 33.4. The molecule has 6 nitrogen and oxygen atoms in total. The van der Waals surface area contributed by atoms with Crippen LogP contribution in [0.3, 0.4) is 0 Å². The number of carbonyl (C=O) groups excluding carboxylic acids is 3. The summed E-state index contributed by atoms with van der Waals surface area (Å²) in [5.74, 6) is -0.873. The lowest BCUT2D eigenvalue weighted by Crippen LogP contribution is -2.30. The average Bonchev–Trinajstić information content (AvgIpc) is 3.43. The van der Waals surface area contributed by atoms with Crippen molar-refractivity contribution in [2.45, 2.75) is 348 Å². The van der Waals surface area contributed by atoms with E-state index < -0.39 is 6.10 Å². The van der Waals surface area contributed by atoms with Crippen LogP contribution in [0, 0.1) is 0 Å². The van der Waals surface area contributed by atoms with Crippen LogP contribution >= 0.6 is 0 Å². The Bertz CT molecular complexity index is 1420. The molecule has 0 aliphatic heterocycles. The van der Waals surface area contributed by atoms with Crippen molar-refractivity contribution in [1.29, 1.82) is 0 Å². The lowest BCUT2D eigenvalue weighted by Gasteiger charge is -2.18. The third kappa shape index (κ3) is 63.6. The lowest BCUT2D eigenvalue weighted by molar-refractivity contribution is -0.167. The molecule has 446 valence electrons. The van der Waals surface area contributed by atoms with Crippen LogP contribution in [0.25, 0.3) is 0 Å². The van der Waals surface area contributed by atoms with Crippen LogP contribution < -0.4 is 0 Å². The largest absolute Gasteiger partial charge is 0.462 e. The van der Waals surface area contributed by atoms with Gasteiger partial charge in [0.2, 0.25) is 0 Å². The Hall–Kier alpha value is -3.15. The van der Waals surface area contributed by atoms with Crippen molar-refractivity contribution in [3.63, 3.8) is 0 Å². The van der Waals surface area contributed by atoms with E-state index in [0.717, 1.165) is 89.9 Å². The first-order valence-corrected chi connectivity index (χ1v) is 33.4. The van der Waals surface area contributed by atoms with Gasteiger partial charge in [-0.05, 0) is 109 Å². The van der Waals surface area contributed by atoms with Crippen LogP contribution in [0.1, 0.15) is 342 Å². The van der Waals surface area contributed by atoms with E-state index in [0.29, 0.717) is 19.3 Å². The summed E-state index contributed by atoms with van der Waals surface area (Å²) in [5, 5.41) is 0. The minimum Gasteiger partial charge on any atom is -0.462 e. The molecule has 0 spiro atoms. The average molecular weight is 1080 g/mol. The Kier molecular flexibility index (Phi) is 62.7. The van der Waals surface area contributed by atoms with Gasteiger partial charge in [0.1, 0.15) is 13.2 Å². The van der Waals surface area contributed by atoms with Gasteiger partial charge in [0.05, 0.1) is 0 Å². The second-order valence-electron chi connectivity index (χ2n) is 22.3. The fourth-order valence-corrected chi connectivity index (χ4v) is 9.66. The molecule has 1 atom stereocenters. The molecule has 0 fully saturated rings. The van der Waals surface area contributed by atoms with Crippen molar-refractivity contribution in [2.75, 3.05) is 13.2 Å². The van der Waals surface area contributed by atoms with E-state index in [9.17, 15) is 14.4 Å². The highest BCUT2D eigenvalue weighted by Crippen LogP contribution is 2.17. The Morgan fingerprint density at radius 2 is 0.506 bits per heavy atom. The standard InChI is InChI=1S/C71H126O6/c1-4-7-10-13-16-19-22-25-27-29-31-33-34-35-36-38-39-41-43-46-49-52-55-58-61-64-70(73)76-67-68(66-75-69(72)63-60-57-54-51-48-45-24-21-18-15-12-9-6-3)77-71(74)65-62-59-56-53-50-47-44-42-40-37-32-30-28-26-23-20-17-14-11-8-5-2/h7,10,16,19,21,24-25,27,30-33,68H,4-6,8-9,11-15,17-18,20,22-23,26,28-29,34-67H2,1-3H3/b10-7-,19-16-,24-21-,27-25-,32-30-,33-31-. The van der Waals surface area contributed by atoms with E-state index in [4.69, 9.17) is 14.2 Å². The fourth-order valence-electron chi connectivity index (χ4n) is 9.66. The summed E-state index contributed by atoms with van der Waals surface area (Å²) in [6.07, 6.45) is 84.9. The summed E-state index contributed by atoms with van der Waals surface area (Å²) in [7, 11) is 0. The number of hydrogen-bond acceptors (Lipinski definition) is 6. The number of hydrogen-bond donors (Lipinski definition) is 0. The molecule has 0 N–H and O–H groups in total. The zero-order valence-corrected chi connectivity index (χ0v) is 51.2. The quantitative estimate of drug-likeness (QED) is 0.0261. The molecule has 0 aromatic carbocycles. The van der Waals surface area contributed by atoms with Gasteiger partial charge in [0.15, 0.2) is 6.10 Å². The van der Waals surface area contributed by atoms with Crippen molar-refractivity contribution >= 4 is 17.9 Å². The van der Waals surface area contributed by atoms with Gasteiger partial charge in [-0.2, -0.15) is 0 Å². The van der Waals surface area contributed by atoms with Crippen LogP contribution in [0.15, 0.2) is 72.9 Å². The maximum Gasteiger partial charge on any atom is 0.306 e. The Morgan fingerprint density at radius 1 is 0.273 bits per heavy atom. The minimum absolute atomic E-state index is 0.0775. The molecule has 0 heterocycles. The fraction of sp³-hybridized carbons (Fsp3) is 0.789. The lowest BCUT2D eigenvalue weighted by atomic mass is 10.0. The van der Waals surface area contributed by atoms with Crippen LogP contribution in [-0.4, -0.2) is 37.2 Å². The molecule has 0 aromatic heterocycles. The molecule has 1 unspecified atom stereocenters. The Balaban J connectivity index is 4.29. The van der Waals surface area contributed by atoms with Gasteiger partial charge in [0, 0.05) is 19.3 Å². The zero-order chi connectivity index (χ0) is 55.7. The molecule has 0 radical (unpaired) electrons. The van der Waals surface area contributed by atoms with Gasteiger partial charge in [0.25, 0.3) is 0 Å². The van der Waals surface area contributed by atoms with Gasteiger partial charge < -0.3 is 14.2 Å². The number of carbonyl (C=O) groups is 3. The van der Waals surface area contributed by atoms with E-state index in [2.05, 4.69) is 93.7 Å². The summed E-state index contributed by atoms with van der Waals surface area (Å²) in [4.78, 5) is 38.4. The van der Waals surface area contributed by atoms with Gasteiger partial charge >= 0.3 is 17.9 Å². The topological polar surface area (TPSA) is 78.9 Å². The van der Waals surface area contributed by atoms with E-state index in [1.54, 1.807) is 0 Å². The summed E-state index contributed by atoms with van der Waals surface area (Å²) < 4.78 is 17.0. The third-order valence-electron chi connectivity index (χ3n) is 14.7. The number of rotatable bonds is 61. The van der Waals surface area contributed by atoms with Crippen LogP contribution in [0.2, 0.25) is 0 Å². The predicted octanol–water partition coefficient (Wildman–Crippen LogP) is 22.9. The van der Waals surface area contributed by atoms with Gasteiger partial charge in [-0.1, -0.05) is 286 Å². The zero-order valence-electron chi connectivity index (χ0n) is 51.2. The Morgan fingerprint density at radius 3 is 0.818 bits per heavy atom. The predicted molar refractivity (Wildman–Crippen MR) is 335 cm³/mol. The molecule has 0 saturated heterocycles. The van der Waals surface area contributed by atoms with E-state index in [1.165, 1.54) is 212 Å². The highest BCUT2D eigenvalue weighted by molar-refractivity contribution is 5.71. The highest BCUT2D eigenvalue weighted by Gasteiger charge is 2.19. The second-order valence-corrected chi connectivity index (χ2v) is 22.3. The summed E-state index contributed by atoms with van der Waals surface area (Å²) in [6, 6.07) is 0. The molecule has 0 aliphatic rings. The van der Waals surface area contributed by atoms with E-state index >= 15 is 0 Å². The molecule has 77 heavy (non-hydrogen) atoms. The summed E-state index contributed by atoms with van der Waals surface area (Å²) in [6.45, 7) is 6.55. The summed E-state index contributed by atoms with van der Waals surface area (Å²) >= 11 is 0. The second kappa shape index (κ2) is 65.4. The molecule has 0 amide bonds. The molecule has 0 rings (SSSR count). The molecule has 0 bridgehead atoms. The van der Waals surface area contributed by atoms with Crippen LogP contribution in [-0.2, 0) is 28.6 Å². The van der Waals surface area contributed by atoms with Gasteiger partial charge in [-0.25, -0.2) is 0 Å². The first-order chi connectivity index (χ1) is 38.0. The van der Waals surface area contributed by atoms with Gasteiger partial charge in [-0.15, -0.1) is 0 Å². The number of allylic oxidation sites excluding steroid dienone is 12. The number of esters is 3. The summed E-state index contributed by atoms with van der Waals surface area (Å²) in [5.41, 5.74) is 0. The Labute approximate surface area is 478 Å². The molecule has 0 aromatic rings.